The molecule has 1 aliphatic carbocycles. The largest absolute Gasteiger partial charge is 0.314 e. The van der Waals surface area contributed by atoms with E-state index >= 15 is 0 Å². The van der Waals surface area contributed by atoms with Crippen molar-refractivity contribution in [3.8, 4) is 0 Å². The Morgan fingerprint density at radius 1 is 1.21 bits per heavy atom. The zero-order valence-corrected chi connectivity index (χ0v) is 9.31. The maximum absolute atomic E-state index is 10.8. The second kappa shape index (κ2) is 5.06. The van der Waals surface area contributed by atoms with Gasteiger partial charge < -0.3 is 5.32 Å². The summed E-state index contributed by atoms with van der Waals surface area (Å²) in [6.45, 7) is 3.05. The first-order valence-electron chi connectivity index (χ1n) is 5.04. The van der Waals surface area contributed by atoms with Crippen LogP contribution in [0.3, 0.4) is 0 Å². The minimum atomic E-state index is -3.52. The Kier molecular flexibility index (Phi) is 4.31. The first-order chi connectivity index (χ1) is 6.51. The van der Waals surface area contributed by atoms with E-state index in [9.17, 15) is 8.42 Å². The number of hydrogen-bond acceptors (Lipinski definition) is 3. The third kappa shape index (κ3) is 4.36. The predicted molar refractivity (Wildman–Crippen MR) is 56.0 cm³/mol. The highest BCUT2D eigenvalue weighted by atomic mass is 32.2. The van der Waals surface area contributed by atoms with E-state index in [0.717, 1.165) is 32.2 Å². The Labute approximate surface area is 85.6 Å². The molecular formula is C8H19N3O2S. The van der Waals surface area contributed by atoms with Crippen LogP contribution in [-0.4, -0.2) is 27.0 Å². The first-order valence-corrected chi connectivity index (χ1v) is 6.59. The monoisotopic (exact) mass is 221 g/mol. The molecule has 0 bridgehead atoms. The average Bonchev–Trinajstić information content (AvgIpc) is 2.06. The van der Waals surface area contributed by atoms with Crippen molar-refractivity contribution in [1.82, 2.24) is 10.0 Å². The molecule has 0 unspecified atom stereocenters. The van der Waals surface area contributed by atoms with Crippen molar-refractivity contribution >= 4 is 10.2 Å². The maximum Gasteiger partial charge on any atom is 0.274 e. The van der Waals surface area contributed by atoms with Crippen LogP contribution < -0.4 is 15.2 Å². The summed E-state index contributed by atoms with van der Waals surface area (Å²) in [5, 5.41) is 8.26. The molecule has 0 spiro atoms. The lowest BCUT2D eigenvalue weighted by atomic mass is 9.92. The fraction of sp³-hybridized carbons (Fsp3) is 1.00. The molecule has 1 rings (SSSR count). The van der Waals surface area contributed by atoms with Crippen molar-refractivity contribution in [2.24, 2.45) is 5.14 Å². The van der Waals surface area contributed by atoms with Crippen LogP contribution >= 0.6 is 0 Å². The maximum atomic E-state index is 10.8. The van der Waals surface area contributed by atoms with Crippen molar-refractivity contribution in [1.29, 1.82) is 0 Å². The normalized spacial score (nSPS) is 29.0. The van der Waals surface area contributed by atoms with E-state index in [1.165, 1.54) is 0 Å². The molecule has 84 valence electrons. The van der Waals surface area contributed by atoms with Crippen LogP contribution in [0.25, 0.3) is 0 Å². The van der Waals surface area contributed by atoms with Gasteiger partial charge in [-0.1, -0.05) is 6.92 Å². The summed E-state index contributed by atoms with van der Waals surface area (Å²) in [6, 6.07) is 0.568. The Bertz CT molecular complexity index is 258. The summed E-state index contributed by atoms with van der Waals surface area (Å²) in [5.74, 6) is 0. The zero-order chi connectivity index (χ0) is 10.6. The van der Waals surface area contributed by atoms with Gasteiger partial charge in [0.15, 0.2) is 0 Å². The number of hydrogen-bond donors (Lipinski definition) is 3. The van der Waals surface area contributed by atoms with Gasteiger partial charge >= 0.3 is 0 Å². The van der Waals surface area contributed by atoms with Crippen molar-refractivity contribution in [3.63, 3.8) is 0 Å². The van der Waals surface area contributed by atoms with Gasteiger partial charge in [0.1, 0.15) is 0 Å². The van der Waals surface area contributed by atoms with Crippen LogP contribution in [0.4, 0.5) is 0 Å². The molecule has 0 heterocycles. The van der Waals surface area contributed by atoms with Crippen molar-refractivity contribution < 1.29 is 8.42 Å². The number of nitrogens with two attached hydrogens (primary N) is 1. The van der Waals surface area contributed by atoms with Gasteiger partial charge in [-0.3, -0.25) is 0 Å². The molecule has 1 saturated carbocycles. The van der Waals surface area contributed by atoms with E-state index in [2.05, 4.69) is 17.0 Å². The Morgan fingerprint density at radius 3 is 2.14 bits per heavy atom. The second-order valence-electron chi connectivity index (χ2n) is 3.77. The summed E-state index contributed by atoms with van der Waals surface area (Å²) in [6.07, 6.45) is 3.77. The summed E-state index contributed by atoms with van der Waals surface area (Å²) < 4.78 is 24.0. The fourth-order valence-electron chi connectivity index (χ4n) is 1.94. The molecule has 0 radical (unpaired) electrons. The van der Waals surface area contributed by atoms with Crippen molar-refractivity contribution in [2.45, 2.75) is 44.7 Å². The lowest BCUT2D eigenvalue weighted by molar-refractivity contribution is 0.333. The van der Waals surface area contributed by atoms with Crippen molar-refractivity contribution in [2.75, 3.05) is 6.54 Å². The lowest BCUT2D eigenvalue weighted by Gasteiger charge is -2.28. The highest BCUT2D eigenvalue weighted by Crippen LogP contribution is 2.18. The van der Waals surface area contributed by atoms with Gasteiger partial charge in [0, 0.05) is 12.1 Å². The minimum Gasteiger partial charge on any atom is -0.314 e. The molecule has 0 aromatic heterocycles. The summed E-state index contributed by atoms with van der Waals surface area (Å²) in [7, 11) is -3.52. The van der Waals surface area contributed by atoms with Crippen LogP contribution in [0.1, 0.15) is 32.6 Å². The van der Waals surface area contributed by atoms with Crippen LogP contribution in [0.5, 0.6) is 0 Å². The van der Waals surface area contributed by atoms with E-state index in [0.29, 0.717) is 6.04 Å². The smallest absolute Gasteiger partial charge is 0.274 e. The summed E-state index contributed by atoms with van der Waals surface area (Å²) in [4.78, 5) is 0. The first kappa shape index (κ1) is 11.9. The molecular weight excluding hydrogens is 202 g/mol. The summed E-state index contributed by atoms with van der Waals surface area (Å²) >= 11 is 0. The van der Waals surface area contributed by atoms with Crippen molar-refractivity contribution in [3.05, 3.63) is 0 Å². The van der Waals surface area contributed by atoms with Gasteiger partial charge in [-0.15, -0.1) is 0 Å². The van der Waals surface area contributed by atoms with Crippen LogP contribution in [0, 0.1) is 0 Å². The van der Waals surface area contributed by atoms with Gasteiger partial charge in [-0.05, 0) is 32.2 Å². The molecule has 6 heteroatoms. The molecule has 14 heavy (non-hydrogen) atoms. The highest BCUT2D eigenvalue weighted by Gasteiger charge is 2.22. The fourth-order valence-corrected chi connectivity index (χ4v) is 2.64. The average molecular weight is 221 g/mol. The van der Waals surface area contributed by atoms with E-state index in [-0.39, 0.29) is 6.04 Å². The number of nitrogens with one attached hydrogen (secondary N) is 2. The topological polar surface area (TPSA) is 84.2 Å². The summed E-state index contributed by atoms with van der Waals surface area (Å²) in [5.41, 5.74) is 0. The standard InChI is InChI=1S/C8H19N3O2S/c1-2-10-7-3-5-8(6-4-7)11-14(9,12)13/h7-8,10-11H,2-6H2,1H3,(H2,9,12,13). The Morgan fingerprint density at radius 2 is 1.71 bits per heavy atom. The van der Waals surface area contributed by atoms with Gasteiger partial charge in [0.25, 0.3) is 10.2 Å². The molecule has 0 amide bonds. The highest BCUT2D eigenvalue weighted by molar-refractivity contribution is 7.87. The van der Waals surface area contributed by atoms with E-state index in [4.69, 9.17) is 5.14 Å². The molecule has 1 aliphatic rings. The Balaban J connectivity index is 2.29. The molecule has 0 atom stereocenters. The molecule has 0 aromatic rings. The molecule has 5 nitrogen and oxygen atoms in total. The Hall–Kier alpha value is -0.170. The third-order valence-electron chi connectivity index (χ3n) is 2.55. The molecule has 0 aliphatic heterocycles. The van der Waals surface area contributed by atoms with Gasteiger partial charge in [0.05, 0.1) is 0 Å². The lowest BCUT2D eigenvalue weighted by Crippen LogP contribution is -2.44. The second-order valence-corrected chi connectivity index (χ2v) is 5.09. The van der Waals surface area contributed by atoms with Gasteiger partial charge in [0.2, 0.25) is 0 Å². The third-order valence-corrected chi connectivity index (χ3v) is 3.21. The quantitative estimate of drug-likeness (QED) is 0.609. The van der Waals surface area contributed by atoms with E-state index < -0.39 is 10.2 Å². The van der Waals surface area contributed by atoms with Gasteiger partial charge in [-0.2, -0.15) is 13.1 Å². The molecule has 0 saturated heterocycles. The molecule has 4 N–H and O–H groups in total. The number of rotatable bonds is 4. The molecule has 0 aromatic carbocycles. The van der Waals surface area contributed by atoms with E-state index in [1.807, 2.05) is 0 Å². The van der Waals surface area contributed by atoms with Crippen LogP contribution in [0.2, 0.25) is 0 Å². The zero-order valence-electron chi connectivity index (χ0n) is 8.49. The van der Waals surface area contributed by atoms with Crippen LogP contribution in [-0.2, 0) is 10.2 Å². The molecule has 1 fully saturated rings. The SMILES string of the molecule is CCNC1CCC(NS(N)(=O)=O)CC1. The van der Waals surface area contributed by atoms with Crippen LogP contribution in [0.15, 0.2) is 0 Å². The van der Waals surface area contributed by atoms with Gasteiger partial charge in [-0.25, -0.2) is 5.14 Å². The van der Waals surface area contributed by atoms with E-state index in [1.54, 1.807) is 0 Å². The minimum absolute atomic E-state index is 0.0277. The predicted octanol–water partition coefficient (Wildman–Crippen LogP) is -0.300.